The molecule has 3 rings (SSSR count). The fourth-order valence-electron chi connectivity index (χ4n) is 3.94. The molecule has 4 nitrogen and oxygen atoms in total. The minimum Gasteiger partial charge on any atom is -0.309 e. The molecule has 1 aliphatic carbocycles. The summed E-state index contributed by atoms with van der Waals surface area (Å²) in [6.07, 6.45) is 7.68. The maximum Gasteiger partial charge on any atom is 0.0863 e. The highest BCUT2D eigenvalue weighted by atomic mass is 35.5. The number of rotatable bonds is 3. The van der Waals surface area contributed by atoms with Gasteiger partial charge in [-0.3, -0.25) is 9.58 Å². The molecule has 0 amide bonds. The van der Waals surface area contributed by atoms with Crippen molar-refractivity contribution >= 4 is 11.6 Å². The van der Waals surface area contributed by atoms with Gasteiger partial charge < -0.3 is 5.32 Å². The number of piperazine rings is 1. The Morgan fingerprint density at radius 1 is 1.29 bits per heavy atom. The van der Waals surface area contributed by atoms with Crippen LogP contribution < -0.4 is 5.32 Å². The SMILES string of the molecule is CCc1nn(C)c(CN2CCNC3(CCCCC3)C2)c1Cl. The third-order valence-corrected chi connectivity index (χ3v) is 5.58. The number of aromatic nitrogens is 2. The molecule has 5 heteroatoms. The van der Waals surface area contributed by atoms with Crippen LogP contribution >= 0.6 is 11.6 Å². The van der Waals surface area contributed by atoms with Crippen LogP contribution in [-0.2, 0) is 20.0 Å². The van der Waals surface area contributed by atoms with E-state index in [0.717, 1.165) is 43.3 Å². The van der Waals surface area contributed by atoms with Gasteiger partial charge in [0.1, 0.15) is 0 Å². The molecule has 0 aromatic carbocycles. The number of hydrogen-bond acceptors (Lipinski definition) is 3. The van der Waals surface area contributed by atoms with Gasteiger partial charge in [-0.1, -0.05) is 37.8 Å². The molecule has 2 heterocycles. The summed E-state index contributed by atoms with van der Waals surface area (Å²) in [5, 5.41) is 9.21. The second-order valence-electron chi connectivity index (χ2n) is 6.66. The molecule has 0 bridgehead atoms. The van der Waals surface area contributed by atoms with Gasteiger partial charge in [0.2, 0.25) is 0 Å². The van der Waals surface area contributed by atoms with Crippen molar-refractivity contribution in [3.63, 3.8) is 0 Å². The predicted molar refractivity (Wildman–Crippen MR) is 86.7 cm³/mol. The second-order valence-corrected chi connectivity index (χ2v) is 7.04. The van der Waals surface area contributed by atoms with Gasteiger partial charge in [-0.2, -0.15) is 5.10 Å². The molecule has 2 aliphatic rings. The fraction of sp³-hybridized carbons (Fsp3) is 0.812. The van der Waals surface area contributed by atoms with Crippen LogP contribution in [0.15, 0.2) is 0 Å². The number of nitrogens with zero attached hydrogens (tertiary/aromatic N) is 3. The van der Waals surface area contributed by atoms with Gasteiger partial charge in [0.05, 0.1) is 16.4 Å². The molecule has 0 atom stereocenters. The Kier molecular flexibility index (Phi) is 4.57. The molecule has 21 heavy (non-hydrogen) atoms. The minimum absolute atomic E-state index is 0.356. The Hall–Kier alpha value is -0.580. The van der Waals surface area contributed by atoms with Crippen molar-refractivity contribution < 1.29 is 0 Å². The van der Waals surface area contributed by atoms with Gasteiger partial charge in [0.25, 0.3) is 0 Å². The Morgan fingerprint density at radius 2 is 2.05 bits per heavy atom. The minimum atomic E-state index is 0.356. The van der Waals surface area contributed by atoms with E-state index in [4.69, 9.17) is 11.6 Å². The monoisotopic (exact) mass is 310 g/mol. The summed E-state index contributed by atoms with van der Waals surface area (Å²) >= 11 is 6.50. The van der Waals surface area contributed by atoms with Gasteiger partial charge in [-0.05, 0) is 19.3 Å². The molecule has 1 saturated carbocycles. The smallest absolute Gasteiger partial charge is 0.0863 e. The Labute approximate surface area is 132 Å². The molecule has 1 aromatic rings. The van der Waals surface area contributed by atoms with Crippen LogP contribution in [0.1, 0.15) is 50.4 Å². The van der Waals surface area contributed by atoms with Crippen molar-refractivity contribution in [1.82, 2.24) is 20.0 Å². The quantitative estimate of drug-likeness (QED) is 0.932. The molecule has 1 N–H and O–H groups in total. The third-order valence-electron chi connectivity index (χ3n) is 5.14. The third kappa shape index (κ3) is 3.13. The molecule has 0 unspecified atom stereocenters. The first-order valence-corrected chi connectivity index (χ1v) is 8.69. The van der Waals surface area contributed by atoms with E-state index in [1.54, 1.807) is 0 Å². The molecule has 1 spiro atoms. The van der Waals surface area contributed by atoms with E-state index >= 15 is 0 Å². The Morgan fingerprint density at radius 3 is 2.71 bits per heavy atom. The molecule has 1 saturated heterocycles. The van der Waals surface area contributed by atoms with Crippen LogP contribution in [0.3, 0.4) is 0 Å². The van der Waals surface area contributed by atoms with Crippen LogP contribution in [0, 0.1) is 0 Å². The van der Waals surface area contributed by atoms with Crippen molar-refractivity contribution in [2.75, 3.05) is 19.6 Å². The summed E-state index contributed by atoms with van der Waals surface area (Å²) in [6.45, 7) is 6.38. The lowest BCUT2D eigenvalue weighted by atomic mass is 9.80. The van der Waals surface area contributed by atoms with E-state index < -0.39 is 0 Å². The summed E-state index contributed by atoms with van der Waals surface area (Å²) in [6, 6.07) is 0. The second kappa shape index (κ2) is 6.27. The highest BCUT2D eigenvalue weighted by Gasteiger charge is 2.36. The van der Waals surface area contributed by atoms with E-state index in [0.29, 0.717) is 5.54 Å². The summed E-state index contributed by atoms with van der Waals surface area (Å²) in [5.41, 5.74) is 2.55. The molecule has 2 fully saturated rings. The van der Waals surface area contributed by atoms with Gasteiger partial charge in [-0.15, -0.1) is 0 Å². The van der Waals surface area contributed by atoms with Crippen molar-refractivity contribution in [1.29, 1.82) is 0 Å². The fourth-order valence-corrected chi connectivity index (χ4v) is 4.30. The van der Waals surface area contributed by atoms with Crippen molar-refractivity contribution in [3.8, 4) is 0 Å². The van der Waals surface area contributed by atoms with Crippen LogP contribution in [0.25, 0.3) is 0 Å². The molecular formula is C16H27ClN4. The normalized spacial score (nSPS) is 22.8. The molecule has 0 radical (unpaired) electrons. The lowest BCUT2D eigenvalue weighted by Gasteiger charge is -2.46. The van der Waals surface area contributed by atoms with Crippen molar-refractivity contribution in [2.24, 2.45) is 7.05 Å². The van der Waals surface area contributed by atoms with Crippen LogP contribution in [-0.4, -0.2) is 39.9 Å². The van der Waals surface area contributed by atoms with Crippen LogP contribution in [0.2, 0.25) is 5.02 Å². The number of nitrogens with one attached hydrogen (secondary N) is 1. The lowest BCUT2D eigenvalue weighted by Crippen LogP contribution is -2.60. The van der Waals surface area contributed by atoms with Gasteiger partial charge in [0.15, 0.2) is 0 Å². The van der Waals surface area contributed by atoms with E-state index in [-0.39, 0.29) is 0 Å². The topological polar surface area (TPSA) is 33.1 Å². The maximum atomic E-state index is 6.50. The van der Waals surface area contributed by atoms with Gasteiger partial charge >= 0.3 is 0 Å². The average Bonchev–Trinajstić information content (AvgIpc) is 2.76. The van der Waals surface area contributed by atoms with Crippen molar-refractivity contribution in [2.45, 2.75) is 57.5 Å². The van der Waals surface area contributed by atoms with Crippen LogP contribution in [0.5, 0.6) is 0 Å². The standard InChI is InChI=1S/C16H27ClN4/c1-3-13-15(17)14(20(2)19-13)11-21-10-9-18-16(12-21)7-5-4-6-8-16/h18H,3-12H2,1-2H3. The molecule has 1 aliphatic heterocycles. The summed E-state index contributed by atoms with van der Waals surface area (Å²) in [4.78, 5) is 2.56. The molecule has 1 aromatic heterocycles. The van der Waals surface area contributed by atoms with E-state index in [2.05, 4.69) is 22.2 Å². The van der Waals surface area contributed by atoms with E-state index in [1.165, 1.54) is 37.8 Å². The Bertz CT molecular complexity index is 485. The summed E-state index contributed by atoms with van der Waals surface area (Å²) in [5.74, 6) is 0. The van der Waals surface area contributed by atoms with Gasteiger partial charge in [0, 0.05) is 38.8 Å². The molecule has 118 valence electrons. The first-order chi connectivity index (χ1) is 10.1. The number of aryl methyl sites for hydroxylation is 2. The maximum absolute atomic E-state index is 6.50. The lowest BCUT2D eigenvalue weighted by molar-refractivity contribution is 0.0928. The summed E-state index contributed by atoms with van der Waals surface area (Å²) in [7, 11) is 2.01. The highest BCUT2D eigenvalue weighted by Crippen LogP contribution is 2.31. The summed E-state index contributed by atoms with van der Waals surface area (Å²) < 4.78 is 1.97. The largest absolute Gasteiger partial charge is 0.309 e. The number of hydrogen-bond donors (Lipinski definition) is 1. The highest BCUT2D eigenvalue weighted by molar-refractivity contribution is 6.31. The average molecular weight is 311 g/mol. The first kappa shape index (κ1) is 15.3. The Balaban J connectivity index is 1.71. The first-order valence-electron chi connectivity index (χ1n) is 8.31. The van der Waals surface area contributed by atoms with Crippen LogP contribution in [0.4, 0.5) is 0 Å². The van der Waals surface area contributed by atoms with Crippen molar-refractivity contribution in [3.05, 3.63) is 16.4 Å². The van der Waals surface area contributed by atoms with Gasteiger partial charge in [-0.25, -0.2) is 0 Å². The zero-order valence-corrected chi connectivity index (χ0v) is 14.0. The zero-order chi connectivity index (χ0) is 14.9. The zero-order valence-electron chi connectivity index (χ0n) is 13.3. The van der Waals surface area contributed by atoms with E-state index in [1.807, 2.05) is 11.7 Å². The van der Waals surface area contributed by atoms with E-state index in [9.17, 15) is 0 Å². The molecular weight excluding hydrogens is 284 g/mol. The number of halogens is 1. The predicted octanol–water partition coefficient (Wildman–Crippen LogP) is 2.74.